The highest BCUT2D eigenvalue weighted by Gasteiger charge is 2.14. The monoisotopic (exact) mass is 353 g/mol. The van der Waals surface area contributed by atoms with Gasteiger partial charge in [-0.1, -0.05) is 24.3 Å². The molecule has 0 unspecified atom stereocenters. The number of carbonyl (C=O) groups is 2. The minimum Gasteiger partial charge on any atom is -0.504 e. The summed E-state index contributed by atoms with van der Waals surface area (Å²) in [4.78, 5) is 27.6. The lowest BCUT2D eigenvalue weighted by molar-refractivity contribution is 0.101. The van der Waals surface area contributed by atoms with Crippen molar-refractivity contribution in [3.63, 3.8) is 0 Å². The normalized spacial score (nSPS) is 11.5. The van der Waals surface area contributed by atoms with E-state index in [2.05, 4.69) is 15.2 Å². The average Bonchev–Trinajstić information content (AvgIpc) is 3.27. The molecule has 2 N–H and O–H groups in total. The van der Waals surface area contributed by atoms with Crippen LogP contribution in [0.15, 0.2) is 47.4 Å². The number of benzene rings is 1. The van der Waals surface area contributed by atoms with Gasteiger partial charge in [-0.3, -0.25) is 14.7 Å². The topological polar surface area (TPSA) is 95.9 Å². The fourth-order valence-electron chi connectivity index (χ4n) is 2.35. The maximum atomic E-state index is 12.4. The standard InChI is InChI=1S/C18H15N3O3S/c1-11(22)13-4-2-12(3-5-13)6-14-8-25-9-15(14)16(23)7-17(24)18-19-10-20-21-18/h2-5,7-10,24H,6H2,1H3,(H,19,20,21). The molecule has 3 rings (SSSR count). The van der Waals surface area contributed by atoms with E-state index in [-0.39, 0.29) is 23.2 Å². The van der Waals surface area contributed by atoms with Crippen LogP contribution in [0, 0.1) is 0 Å². The van der Waals surface area contributed by atoms with Gasteiger partial charge in [0.2, 0.25) is 5.82 Å². The van der Waals surface area contributed by atoms with E-state index in [9.17, 15) is 14.7 Å². The van der Waals surface area contributed by atoms with Crippen molar-refractivity contribution in [2.45, 2.75) is 13.3 Å². The molecule has 3 aromatic rings. The van der Waals surface area contributed by atoms with Crippen LogP contribution in [0.4, 0.5) is 0 Å². The maximum Gasteiger partial charge on any atom is 0.215 e. The third kappa shape index (κ3) is 3.89. The van der Waals surface area contributed by atoms with Gasteiger partial charge in [-0.05, 0) is 29.9 Å². The molecule has 7 heteroatoms. The summed E-state index contributed by atoms with van der Waals surface area (Å²) in [5, 5.41) is 19.8. The second kappa shape index (κ2) is 7.23. The summed E-state index contributed by atoms with van der Waals surface area (Å²) in [5.41, 5.74) is 3.05. The summed E-state index contributed by atoms with van der Waals surface area (Å²) in [6, 6.07) is 7.31. The number of rotatable bonds is 6. The molecule has 0 aliphatic carbocycles. The van der Waals surface area contributed by atoms with Crippen molar-refractivity contribution in [1.82, 2.24) is 15.2 Å². The van der Waals surface area contributed by atoms with E-state index in [0.717, 1.165) is 17.2 Å². The first-order valence-corrected chi connectivity index (χ1v) is 8.45. The van der Waals surface area contributed by atoms with Gasteiger partial charge < -0.3 is 5.11 Å². The molecule has 126 valence electrons. The van der Waals surface area contributed by atoms with Crippen molar-refractivity contribution in [3.05, 3.63) is 75.5 Å². The number of carbonyl (C=O) groups excluding carboxylic acids is 2. The fourth-order valence-corrected chi connectivity index (χ4v) is 3.20. The Kier molecular flexibility index (Phi) is 4.85. The van der Waals surface area contributed by atoms with E-state index in [1.54, 1.807) is 17.5 Å². The molecule has 1 aromatic carbocycles. The van der Waals surface area contributed by atoms with Crippen LogP contribution in [0.5, 0.6) is 0 Å². The number of nitrogens with zero attached hydrogens (tertiary/aromatic N) is 2. The minimum absolute atomic E-state index is 0.0190. The molecule has 6 nitrogen and oxygen atoms in total. The van der Waals surface area contributed by atoms with Gasteiger partial charge in [-0.15, -0.1) is 0 Å². The Balaban J connectivity index is 1.79. The smallest absolute Gasteiger partial charge is 0.215 e. The zero-order chi connectivity index (χ0) is 17.8. The zero-order valence-corrected chi connectivity index (χ0v) is 14.2. The molecule has 25 heavy (non-hydrogen) atoms. The van der Waals surface area contributed by atoms with Crippen LogP contribution in [0.3, 0.4) is 0 Å². The Morgan fingerprint density at radius 1 is 1.24 bits per heavy atom. The van der Waals surface area contributed by atoms with Crippen LogP contribution < -0.4 is 0 Å². The molecule has 0 bridgehead atoms. The first-order valence-electron chi connectivity index (χ1n) is 7.50. The lowest BCUT2D eigenvalue weighted by Crippen LogP contribution is -2.01. The number of thiophene rings is 1. The third-order valence-electron chi connectivity index (χ3n) is 3.67. The van der Waals surface area contributed by atoms with Gasteiger partial charge in [0.15, 0.2) is 17.3 Å². The third-order valence-corrected chi connectivity index (χ3v) is 4.47. The van der Waals surface area contributed by atoms with Crippen molar-refractivity contribution in [2.24, 2.45) is 0 Å². The van der Waals surface area contributed by atoms with Crippen molar-refractivity contribution < 1.29 is 14.7 Å². The summed E-state index contributed by atoms with van der Waals surface area (Å²) in [7, 11) is 0. The van der Waals surface area contributed by atoms with E-state index >= 15 is 0 Å². The average molecular weight is 353 g/mol. The van der Waals surface area contributed by atoms with Crippen LogP contribution in [0.25, 0.3) is 5.76 Å². The minimum atomic E-state index is -0.307. The van der Waals surface area contributed by atoms with Crippen molar-refractivity contribution in [2.75, 3.05) is 0 Å². The number of hydrogen-bond acceptors (Lipinski definition) is 6. The van der Waals surface area contributed by atoms with Crippen LogP contribution in [-0.2, 0) is 6.42 Å². The number of H-pyrrole nitrogens is 1. The van der Waals surface area contributed by atoms with Gasteiger partial charge in [-0.25, -0.2) is 4.98 Å². The van der Waals surface area contributed by atoms with Gasteiger partial charge >= 0.3 is 0 Å². The number of allylic oxidation sites excluding steroid dienone is 1. The van der Waals surface area contributed by atoms with Crippen LogP contribution >= 0.6 is 11.3 Å². The quantitative estimate of drug-likeness (QED) is 0.402. The van der Waals surface area contributed by atoms with Crippen molar-refractivity contribution in [1.29, 1.82) is 0 Å². The summed E-state index contributed by atoms with van der Waals surface area (Å²) in [6.45, 7) is 1.53. The van der Waals surface area contributed by atoms with Crippen LogP contribution in [0.2, 0.25) is 0 Å². The van der Waals surface area contributed by atoms with E-state index in [0.29, 0.717) is 17.5 Å². The molecule has 0 saturated heterocycles. The Bertz CT molecular complexity index is 925. The van der Waals surface area contributed by atoms with Gasteiger partial charge in [-0.2, -0.15) is 16.4 Å². The molecule has 0 saturated carbocycles. The van der Waals surface area contributed by atoms with Crippen molar-refractivity contribution in [3.8, 4) is 0 Å². The maximum absolute atomic E-state index is 12.4. The Labute approximate surface area is 147 Å². The van der Waals surface area contributed by atoms with Gasteiger partial charge in [0.05, 0.1) is 0 Å². The zero-order valence-electron chi connectivity index (χ0n) is 13.4. The lowest BCUT2D eigenvalue weighted by Gasteiger charge is -2.04. The number of aromatic amines is 1. The molecular weight excluding hydrogens is 338 g/mol. The molecule has 0 radical (unpaired) electrons. The van der Waals surface area contributed by atoms with E-state index in [1.165, 1.54) is 24.6 Å². The predicted molar refractivity (Wildman–Crippen MR) is 94.9 cm³/mol. The van der Waals surface area contributed by atoms with Crippen LogP contribution in [-0.4, -0.2) is 31.9 Å². The summed E-state index contributed by atoms with van der Waals surface area (Å²) >= 11 is 1.42. The first kappa shape index (κ1) is 16.8. The largest absolute Gasteiger partial charge is 0.504 e. The second-order valence-corrected chi connectivity index (χ2v) is 6.20. The van der Waals surface area contributed by atoms with Gasteiger partial charge in [0.25, 0.3) is 0 Å². The summed E-state index contributed by atoms with van der Waals surface area (Å²) < 4.78 is 0. The molecule has 0 amide bonds. The van der Waals surface area contributed by atoms with Gasteiger partial charge in [0, 0.05) is 22.6 Å². The molecule has 0 aliphatic rings. The number of hydrogen-bond donors (Lipinski definition) is 2. The van der Waals surface area contributed by atoms with E-state index in [1.807, 2.05) is 17.5 Å². The summed E-state index contributed by atoms with van der Waals surface area (Å²) in [5.74, 6) is -0.497. The molecule has 0 atom stereocenters. The number of aromatic nitrogens is 3. The number of Topliss-reactive ketones (excluding diaryl/α,β-unsaturated/α-hetero) is 1. The molecule has 0 spiro atoms. The number of aliphatic hydroxyl groups excluding tert-OH is 1. The first-order chi connectivity index (χ1) is 12.0. The van der Waals surface area contributed by atoms with Gasteiger partial charge in [0.1, 0.15) is 6.33 Å². The molecular formula is C18H15N3O3S. The SMILES string of the molecule is CC(=O)c1ccc(Cc2cscc2C(=O)C=C(O)c2nc[nH]n2)cc1. The van der Waals surface area contributed by atoms with E-state index in [4.69, 9.17) is 0 Å². The highest BCUT2D eigenvalue weighted by Crippen LogP contribution is 2.21. The Morgan fingerprint density at radius 3 is 2.64 bits per heavy atom. The number of aliphatic hydroxyl groups is 1. The Morgan fingerprint density at radius 2 is 2.00 bits per heavy atom. The van der Waals surface area contributed by atoms with E-state index < -0.39 is 0 Å². The molecule has 0 aliphatic heterocycles. The lowest BCUT2D eigenvalue weighted by atomic mass is 10.00. The highest BCUT2D eigenvalue weighted by atomic mass is 32.1. The fraction of sp³-hybridized carbons (Fsp3) is 0.111. The molecule has 2 aromatic heterocycles. The molecule has 2 heterocycles. The number of nitrogens with one attached hydrogen (secondary N) is 1. The van der Waals surface area contributed by atoms with Crippen molar-refractivity contribution >= 4 is 28.7 Å². The highest BCUT2D eigenvalue weighted by molar-refractivity contribution is 7.08. The predicted octanol–water partition coefficient (Wildman–Crippen LogP) is 3.44. The number of ketones is 2. The summed E-state index contributed by atoms with van der Waals surface area (Å²) in [6.07, 6.45) is 3.01. The molecule has 0 fully saturated rings. The Hall–Kier alpha value is -3.06. The second-order valence-electron chi connectivity index (χ2n) is 5.46. The van der Waals surface area contributed by atoms with Crippen LogP contribution in [0.1, 0.15) is 44.6 Å².